The molecule has 0 aliphatic carbocycles. The Morgan fingerprint density at radius 1 is 0.912 bits per heavy atom. The van der Waals surface area contributed by atoms with Gasteiger partial charge in [-0.1, -0.05) is 17.7 Å². The van der Waals surface area contributed by atoms with E-state index >= 15 is 0 Å². The normalized spacial score (nSPS) is 11.2. The number of aryl methyl sites for hydroxylation is 1. The number of nitrogens with one attached hydrogen (secondary N) is 1. The summed E-state index contributed by atoms with van der Waals surface area (Å²) in [5.41, 5.74) is 1.93. The van der Waals surface area contributed by atoms with Crippen LogP contribution >= 0.6 is 0 Å². The Bertz CT molecular complexity index is 1190. The van der Waals surface area contributed by atoms with E-state index in [1.807, 2.05) is 27.7 Å². The smallest absolute Gasteiger partial charge is 0.264 e. The third-order valence-corrected chi connectivity index (χ3v) is 6.63. The molecule has 0 radical (unpaired) electrons. The lowest BCUT2D eigenvalue weighted by molar-refractivity contribution is -0.114. The summed E-state index contributed by atoms with van der Waals surface area (Å²) in [7, 11) is -4.01. The van der Waals surface area contributed by atoms with E-state index in [0.717, 1.165) is 9.87 Å². The van der Waals surface area contributed by atoms with Crippen molar-refractivity contribution < 1.29 is 22.7 Å². The molecule has 0 spiro atoms. The van der Waals surface area contributed by atoms with Crippen molar-refractivity contribution in [2.24, 2.45) is 0 Å². The molecule has 34 heavy (non-hydrogen) atoms. The first-order valence-electron chi connectivity index (χ1n) is 11.1. The molecule has 0 fully saturated rings. The lowest BCUT2D eigenvalue weighted by Crippen LogP contribution is -2.38. The van der Waals surface area contributed by atoms with Gasteiger partial charge in [-0.3, -0.25) is 9.10 Å². The van der Waals surface area contributed by atoms with Crippen LogP contribution in [0, 0.1) is 6.92 Å². The van der Waals surface area contributed by atoms with E-state index in [-0.39, 0.29) is 17.5 Å². The molecule has 8 heteroatoms. The number of hydrogen-bond acceptors (Lipinski definition) is 5. The molecule has 0 saturated heterocycles. The summed E-state index contributed by atoms with van der Waals surface area (Å²) in [5, 5.41) is 2.76. The Labute approximate surface area is 201 Å². The minimum absolute atomic E-state index is 0.0383. The first kappa shape index (κ1) is 25.1. The lowest BCUT2D eigenvalue weighted by Gasteiger charge is -2.24. The fraction of sp³-hybridized carbons (Fsp3) is 0.269. The fourth-order valence-corrected chi connectivity index (χ4v) is 4.67. The van der Waals surface area contributed by atoms with Crippen LogP contribution in [0.25, 0.3) is 0 Å². The van der Waals surface area contributed by atoms with Crippen LogP contribution in [-0.4, -0.2) is 33.6 Å². The van der Waals surface area contributed by atoms with Crippen LogP contribution in [-0.2, 0) is 14.8 Å². The van der Waals surface area contributed by atoms with E-state index in [2.05, 4.69) is 5.32 Å². The molecule has 1 amide bonds. The predicted molar refractivity (Wildman–Crippen MR) is 134 cm³/mol. The maximum atomic E-state index is 13.5. The molecule has 3 aromatic carbocycles. The van der Waals surface area contributed by atoms with Crippen molar-refractivity contribution in [2.45, 2.75) is 38.7 Å². The zero-order chi connectivity index (χ0) is 24.7. The number of amides is 1. The Hall–Kier alpha value is -3.52. The molecule has 180 valence electrons. The van der Waals surface area contributed by atoms with Gasteiger partial charge in [0.2, 0.25) is 5.91 Å². The number of carbonyl (C=O) groups is 1. The second kappa shape index (κ2) is 11.1. The van der Waals surface area contributed by atoms with Crippen molar-refractivity contribution in [3.05, 3.63) is 78.4 Å². The topological polar surface area (TPSA) is 84.9 Å². The van der Waals surface area contributed by atoms with E-state index in [9.17, 15) is 13.2 Å². The van der Waals surface area contributed by atoms with Crippen LogP contribution in [0.2, 0.25) is 0 Å². The van der Waals surface area contributed by atoms with E-state index in [4.69, 9.17) is 9.47 Å². The molecule has 7 nitrogen and oxygen atoms in total. The molecule has 0 bridgehead atoms. The Morgan fingerprint density at radius 3 is 2.06 bits per heavy atom. The summed E-state index contributed by atoms with van der Waals surface area (Å²) >= 11 is 0. The summed E-state index contributed by atoms with van der Waals surface area (Å²) in [4.78, 5) is 12.9. The monoisotopic (exact) mass is 482 g/mol. The Kier molecular flexibility index (Phi) is 8.17. The highest BCUT2D eigenvalue weighted by molar-refractivity contribution is 7.92. The number of rotatable bonds is 10. The van der Waals surface area contributed by atoms with Gasteiger partial charge in [-0.05, 0) is 88.4 Å². The summed E-state index contributed by atoms with van der Waals surface area (Å²) in [6.45, 7) is 7.72. The van der Waals surface area contributed by atoms with E-state index in [0.29, 0.717) is 29.5 Å². The van der Waals surface area contributed by atoms with Gasteiger partial charge in [0.1, 0.15) is 18.0 Å². The van der Waals surface area contributed by atoms with Crippen molar-refractivity contribution in [2.75, 3.05) is 22.8 Å². The number of benzene rings is 3. The standard InChI is InChI=1S/C26H30N2O5S/c1-5-32-23-14-16-25(17-15-23)34(30,31)28(22-10-6-20(4)7-11-22)18-26(29)27-21-8-12-24(13-9-21)33-19(2)3/h6-17,19H,5,18H2,1-4H3,(H,27,29). The minimum atomic E-state index is -4.01. The number of hydrogen-bond donors (Lipinski definition) is 1. The largest absolute Gasteiger partial charge is 0.494 e. The van der Waals surface area contributed by atoms with Crippen LogP contribution < -0.4 is 19.1 Å². The molecule has 0 saturated carbocycles. The van der Waals surface area contributed by atoms with Gasteiger partial charge in [0, 0.05) is 5.69 Å². The van der Waals surface area contributed by atoms with Gasteiger partial charge in [-0.25, -0.2) is 8.42 Å². The molecule has 0 aromatic heterocycles. The Balaban J connectivity index is 1.84. The first-order valence-corrected chi connectivity index (χ1v) is 12.5. The number of anilines is 2. The van der Waals surface area contributed by atoms with Gasteiger partial charge < -0.3 is 14.8 Å². The third kappa shape index (κ3) is 6.51. The van der Waals surface area contributed by atoms with E-state index in [1.165, 1.54) is 12.1 Å². The van der Waals surface area contributed by atoms with E-state index in [1.54, 1.807) is 60.7 Å². The van der Waals surface area contributed by atoms with Gasteiger partial charge >= 0.3 is 0 Å². The molecule has 0 aliphatic rings. The highest BCUT2D eigenvalue weighted by atomic mass is 32.2. The third-order valence-electron chi connectivity index (χ3n) is 4.84. The molecule has 0 heterocycles. The number of sulfonamides is 1. The zero-order valence-electron chi connectivity index (χ0n) is 19.8. The molecule has 0 aliphatic heterocycles. The number of ether oxygens (including phenoxy) is 2. The molecule has 3 rings (SSSR count). The maximum absolute atomic E-state index is 13.5. The molecular formula is C26H30N2O5S. The van der Waals surface area contributed by atoms with Crippen LogP contribution in [0.1, 0.15) is 26.3 Å². The Morgan fingerprint density at radius 2 is 1.50 bits per heavy atom. The zero-order valence-corrected chi connectivity index (χ0v) is 20.6. The van der Waals surface area contributed by atoms with Crippen molar-refractivity contribution in [3.63, 3.8) is 0 Å². The lowest BCUT2D eigenvalue weighted by atomic mass is 10.2. The van der Waals surface area contributed by atoms with Gasteiger partial charge in [-0.15, -0.1) is 0 Å². The van der Waals surface area contributed by atoms with E-state index < -0.39 is 15.9 Å². The number of nitrogens with zero attached hydrogens (tertiary/aromatic N) is 1. The molecule has 0 atom stereocenters. The van der Waals surface area contributed by atoms with Crippen LogP contribution in [0.5, 0.6) is 11.5 Å². The van der Waals surface area contributed by atoms with Crippen molar-refractivity contribution in [1.29, 1.82) is 0 Å². The van der Waals surface area contributed by atoms with Gasteiger partial charge in [0.25, 0.3) is 10.0 Å². The van der Waals surface area contributed by atoms with Crippen LogP contribution in [0.15, 0.2) is 77.7 Å². The van der Waals surface area contributed by atoms with Gasteiger partial charge in [0.15, 0.2) is 0 Å². The fourth-order valence-electron chi connectivity index (χ4n) is 3.25. The van der Waals surface area contributed by atoms with Crippen molar-refractivity contribution in [3.8, 4) is 11.5 Å². The number of carbonyl (C=O) groups excluding carboxylic acids is 1. The van der Waals surface area contributed by atoms with Crippen molar-refractivity contribution >= 4 is 27.3 Å². The molecule has 0 unspecified atom stereocenters. The first-order chi connectivity index (χ1) is 16.2. The summed E-state index contributed by atoms with van der Waals surface area (Å²) < 4.78 is 39.2. The summed E-state index contributed by atoms with van der Waals surface area (Å²) in [6, 6.07) is 20.1. The average Bonchev–Trinajstić information content (AvgIpc) is 2.80. The highest BCUT2D eigenvalue weighted by Crippen LogP contribution is 2.26. The second-order valence-corrected chi connectivity index (χ2v) is 9.85. The summed E-state index contributed by atoms with van der Waals surface area (Å²) in [6.07, 6.45) is 0.0383. The predicted octanol–water partition coefficient (Wildman–Crippen LogP) is 5.01. The molecule has 1 N–H and O–H groups in total. The van der Waals surface area contributed by atoms with Crippen LogP contribution in [0.4, 0.5) is 11.4 Å². The molecule has 3 aromatic rings. The summed E-state index contributed by atoms with van der Waals surface area (Å²) in [5.74, 6) is 0.797. The maximum Gasteiger partial charge on any atom is 0.264 e. The minimum Gasteiger partial charge on any atom is -0.494 e. The second-order valence-electron chi connectivity index (χ2n) is 7.99. The SMILES string of the molecule is CCOc1ccc(S(=O)(=O)N(CC(=O)Nc2ccc(OC(C)C)cc2)c2ccc(C)cc2)cc1. The van der Waals surface area contributed by atoms with Crippen molar-refractivity contribution in [1.82, 2.24) is 0 Å². The van der Waals surface area contributed by atoms with Crippen LogP contribution in [0.3, 0.4) is 0 Å². The quantitative estimate of drug-likeness (QED) is 0.439. The highest BCUT2D eigenvalue weighted by Gasteiger charge is 2.27. The van der Waals surface area contributed by atoms with Gasteiger partial charge in [-0.2, -0.15) is 0 Å². The van der Waals surface area contributed by atoms with Gasteiger partial charge in [0.05, 0.1) is 23.3 Å². The average molecular weight is 483 g/mol. The molecular weight excluding hydrogens is 452 g/mol.